The molecule has 1 fully saturated rings. The van der Waals surface area contributed by atoms with Gasteiger partial charge in [-0.2, -0.15) is 0 Å². The fourth-order valence-corrected chi connectivity index (χ4v) is 3.84. The molecule has 1 aliphatic rings. The summed E-state index contributed by atoms with van der Waals surface area (Å²) in [5, 5.41) is 4.04. The smallest absolute Gasteiger partial charge is 0.243 e. The van der Waals surface area contributed by atoms with Crippen molar-refractivity contribution in [1.82, 2.24) is 29.6 Å². The van der Waals surface area contributed by atoms with Crippen LogP contribution in [0.4, 0.5) is 0 Å². The predicted molar refractivity (Wildman–Crippen MR) is 102 cm³/mol. The molecular formula is C20H24N6O2. The topological polar surface area (TPSA) is 89.9 Å². The number of rotatable bonds is 4. The molecule has 0 radical (unpaired) electrons. The van der Waals surface area contributed by atoms with Crippen molar-refractivity contribution in [3.05, 3.63) is 47.8 Å². The molecule has 8 heteroatoms. The average molecular weight is 380 g/mol. The van der Waals surface area contributed by atoms with E-state index in [0.717, 1.165) is 54.2 Å². The highest BCUT2D eigenvalue weighted by molar-refractivity contribution is 5.76. The first-order chi connectivity index (χ1) is 13.5. The average Bonchev–Trinajstić information content (AvgIpc) is 3.30. The normalized spacial score (nSPS) is 17.1. The summed E-state index contributed by atoms with van der Waals surface area (Å²) in [6, 6.07) is 1.82. The summed E-state index contributed by atoms with van der Waals surface area (Å²) in [6.07, 6.45) is 8.05. The number of nitrogens with zero attached hydrogens (tertiary/aromatic N) is 6. The molecule has 28 heavy (non-hydrogen) atoms. The minimum absolute atomic E-state index is 0.0618. The van der Waals surface area contributed by atoms with Crippen LogP contribution < -0.4 is 0 Å². The lowest BCUT2D eigenvalue weighted by Gasteiger charge is -2.35. The van der Waals surface area contributed by atoms with Gasteiger partial charge < -0.3 is 14.0 Å². The summed E-state index contributed by atoms with van der Waals surface area (Å²) >= 11 is 0. The Hall–Kier alpha value is -3.03. The van der Waals surface area contributed by atoms with Crippen LogP contribution in [0.15, 0.2) is 29.3 Å². The summed E-state index contributed by atoms with van der Waals surface area (Å²) in [5.74, 6) is 1.48. The molecule has 4 heterocycles. The van der Waals surface area contributed by atoms with Gasteiger partial charge in [-0.3, -0.25) is 4.79 Å². The Morgan fingerprint density at radius 1 is 1.25 bits per heavy atom. The van der Waals surface area contributed by atoms with Gasteiger partial charge >= 0.3 is 0 Å². The second kappa shape index (κ2) is 7.53. The van der Waals surface area contributed by atoms with Crippen LogP contribution in [0.2, 0.25) is 0 Å². The van der Waals surface area contributed by atoms with Gasteiger partial charge in [-0.25, -0.2) is 15.0 Å². The predicted octanol–water partition coefficient (Wildman–Crippen LogP) is 3.01. The fourth-order valence-electron chi connectivity index (χ4n) is 3.84. The van der Waals surface area contributed by atoms with Crippen LogP contribution in [0.1, 0.15) is 48.3 Å². The molecule has 0 N–H and O–H groups in total. The molecule has 8 nitrogen and oxygen atoms in total. The van der Waals surface area contributed by atoms with Crippen molar-refractivity contribution in [2.75, 3.05) is 6.54 Å². The number of amides is 1. The summed E-state index contributed by atoms with van der Waals surface area (Å²) in [7, 11) is 0. The number of hydrogen-bond donors (Lipinski definition) is 0. The Bertz CT molecular complexity index is 959. The van der Waals surface area contributed by atoms with Crippen molar-refractivity contribution in [3.63, 3.8) is 0 Å². The summed E-state index contributed by atoms with van der Waals surface area (Å²) in [6.45, 7) is 6.74. The number of imidazole rings is 1. The highest BCUT2D eigenvalue weighted by Crippen LogP contribution is 2.32. The Labute approximate surface area is 163 Å². The maximum absolute atomic E-state index is 13.0. The molecule has 1 atom stereocenters. The summed E-state index contributed by atoms with van der Waals surface area (Å²) < 4.78 is 7.10. The van der Waals surface area contributed by atoms with Crippen LogP contribution in [-0.2, 0) is 11.3 Å². The molecule has 1 amide bonds. The molecule has 0 bridgehead atoms. The molecule has 1 unspecified atom stereocenters. The third kappa shape index (κ3) is 3.54. The van der Waals surface area contributed by atoms with Crippen LogP contribution >= 0.6 is 0 Å². The summed E-state index contributed by atoms with van der Waals surface area (Å²) in [4.78, 5) is 28.4. The third-order valence-corrected chi connectivity index (χ3v) is 5.16. The van der Waals surface area contributed by atoms with Gasteiger partial charge in [0, 0.05) is 24.6 Å². The van der Waals surface area contributed by atoms with E-state index in [1.807, 2.05) is 31.7 Å². The van der Waals surface area contributed by atoms with Gasteiger partial charge in [0.15, 0.2) is 5.82 Å². The van der Waals surface area contributed by atoms with Gasteiger partial charge in [-0.15, -0.1) is 0 Å². The van der Waals surface area contributed by atoms with Crippen LogP contribution in [0, 0.1) is 20.8 Å². The van der Waals surface area contributed by atoms with Crippen LogP contribution in [-0.4, -0.2) is 42.0 Å². The number of piperidine rings is 1. The minimum atomic E-state index is -0.121. The van der Waals surface area contributed by atoms with Crippen molar-refractivity contribution in [1.29, 1.82) is 0 Å². The molecule has 0 spiro atoms. The van der Waals surface area contributed by atoms with Crippen LogP contribution in [0.3, 0.4) is 0 Å². The van der Waals surface area contributed by atoms with Crippen molar-refractivity contribution in [2.45, 2.75) is 52.6 Å². The Morgan fingerprint density at radius 2 is 2.11 bits per heavy atom. The summed E-state index contributed by atoms with van der Waals surface area (Å²) in [5.41, 5.74) is 3.37. The lowest BCUT2D eigenvalue weighted by Crippen LogP contribution is -2.41. The van der Waals surface area contributed by atoms with Crippen molar-refractivity contribution >= 4 is 5.91 Å². The van der Waals surface area contributed by atoms with Gasteiger partial charge in [0.05, 0.1) is 29.3 Å². The first-order valence-corrected chi connectivity index (χ1v) is 9.57. The van der Waals surface area contributed by atoms with E-state index in [-0.39, 0.29) is 18.5 Å². The van der Waals surface area contributed by atoms with Crippen LogP contribution in [0.5, 0.6) is 0 Å². The van der Waals surface area contributed by atoms with E-state index in [1.165, 1.54) is 0 Å². The number of aryl methyl sites for hydroxylation is 3. The molecule has 1 aliphatic heterocycles. The Kier molecular flexibility index (Phi) is 4.93. The molecule has 0 saturated carbocycles. The zero-order valence-electron chi connectivity index (χ0n) is 16.4. The second-order valence-corrected chi connectivity index (χ2v) is 7.29. The van der Waals surface area contributed by atoms with E-state index < -0.39 is 0 Å². The maximum atomic E-state index is 13.0. The van der Waals surface area contributed by atoms with E-state index in [4.69, 9.17) is 9.51 Å². The standard InChI is InChI=1S/C20H24N6O2/c1-13-10-16(19-14(2)24-28-15(19)3)23-20(22-13)17-6-4-5-8-26(17)18(27)11-25-9-7-21-12-25/h7,9-10,12,17H,4-6,8,11H2,1-3H3. The lowest BCUT2D eigenvalue weighted by molar-refractivity contribution is -0.136. The largest absolute Gasteiger partial charge is 0.361 e. The molecule has 4 rings (SSSR count). The first kappa shape index (κ1) is 18.3. The zero-order valence-corrected chi connectivity index (χ0v) is 16.4. The van der Waals surface area contributed by atoms with Gasteiger partial charge in [-0.1, -0.05) is 5.16 Å². The molecule has 0 aliphatic carbocycles. The van der Waals surface area contributed by atoms with Gasteiger partial charge in [0.2, 0.25) is 5.91 Å². The van der Waals surface area contributed by atoms with Gasteiger partial charge in [-0.05, 0) is 46.1 Å². The minimum Gasteiger partial charge on any atom is -0.361 e. The highest BCUT2D eigenvalue weighted by atomic mass is 16.5. The van der Waals surface area contributed by atoms with Crippen molar-refractivity contribution in [3.8, 4) is 11.3 Å². The van der Waals surface area contributed by atoms with E-state index in [1.54, 1.807) is 23.3 Å². The van der Waals surface area contributed by atoms with E-state index in [2.05, 4.69) is 15.1 Å². The molecule has 3 aromatic rings. The molecule has 3 aromatic heterocycles. The lowest BCUT2D eigenvalue weighted by atomic mass is 10.0. The number of aromatic nitrogens is 5. The van der Waals surface area contributed by atoms with Crippen LogP contribution in [0.25, 0.3) is 11.3 Å². The number of carbonyl (C=O) groups is 1. The van der Waals surface area contributed by atoms with Crippen molar-refractivity contribution in [2.24, 2.45) is 0 Å². The van der Waals surface area contributed by atoms with Gasteiger partial charge in [0.25, 0.3) is 0 Å². The molecule has 0 aromatic carbocycles. The van der Waals surface area contributed by atoms with Crippen molar-refractivity contribution < 1.29 is 9.32 Å². The monoisotopic (exact) mass is 380 g/mol. The quantitative estimate of drug-likeness (QED) is 0.691. The third-order valence-electron chi connectivity index (χ3n) is 5.16. The maximum Gasteiger partial charge on any atom is 0.243 e. The molecular weight excluding hydrogens is 356 g/mol. The molecule has 146 valence electrons. The van der Waals surface area contributed by atoms with E-state index in [9.17, 15) is 4.79 Å². The van der Waals surface area contributed by atoms with Gasteiger partial charge in [0.1, 0.15) is 12.3 Å². The fraction of sp³-hybridized carbons (Fsp3) is 0.450. The number of likely N-dealkylation sites (tertiary alicyclic amines) is 1. The molecule has 1 saturated heterocycles. The zero-order chi connectivity index (χ0) is 19.7. The second-order valence-electron chi connectivity index (χ2n) is 7.29. The number of hydrogen-bond acceptors (Lipinski definition) is 6. The highest BCUT2D eigenvalue weighted by Gasteiger charge is 2.30. The Balaban J connectivity index is 1.67. The SMILES string of the molecule is Cc1cc(-c2c(C)noc2C)nc(C2CCCCN2C(=O)Cn2ccnc2)n1. The first-order valence-electron chi connectivity index (χ1n) is 9.57. The van der Waals surface area contributed by atoms with E-state index >= 15 is 0 Å². The van der Waals surface area contributed by atoms with E-state index in [0.29, 0.717) is 5.82 Å². The Morgan fingerprint density at radius 3 is 2.82 bits per heavy atom. The number of carbonyl (C=O) groups excluding carboxylic acids is 1.